The standard InChI is InChI=1S/C24H30N6O/c1-17-13-18(2)30(27-17)16-22-8-5-7-21(14-22)15-26-24(31)10-9-23-19(3)28-29(20(23)4)12-6-11-25/h5,7-8,13-14H,6,9-10,12,15-16H2,1-4H3,(H,26,31). The lowest BCUT2D eigenvalue weighted by Crippen LogP contribution is -2.23. The van der Waals surface area contributed by atoms with Crippen molar-refractivity contribution < 1.29 is 4.79 Å². The first-order chi connectivity index (χ1) is 14.9. The summed E-state index contributed by atoms with van der Waals surface area (Å²) in [4.78, 5) is 12.4. The van der Waals surface area contributed by atoms with Gasteiger partial charge in [0.25, 0.3) is 0 Å². The smallest absolute Gasteiger partial charge is 0.220 e. The van der Waals surface area contributed by atoms with Crippen molar-refractivity contribution in [3.05, 3.63) is 69.8 Å². The van der Waals surface area contributed by atoms with Crippen molar-refractivity contribution in [1.82, 2.24) is 24.9 Å². The molecule has 162 valence electrons. The Bertz CT molecular complexity index is 1100. The second kappa shape index (κ2) is 10.1. The summed E-state index contributed by atoms with van der Waals surface area (Å²) >= 11 is 0. The SMILES string of the molecule is Cc1cc(C)n(Cc2cccc(CNC(=O)CCc3c(C)nn(CCC#N)c3C)c2)n1. The Labute approximate surface area is 183 Å². The fourth-order valence-electron chi connectivity index (χ4n) is 3.84. The van der Waals surface area contributed by atoms with E-state index in [-0.39, 0.29) is 5.91 Å². The number of hydrogen-bond acceptors (Lipinski definition) is 4. The zero-order valence-electron chi connectivity index (χ0n) is 18.8. The molecule has 0 unspecified atom stereocenters. The average Bonchev–Trinajstić information content (AvgIpc) is 3.20. The molecule has 0 bridgehead atoms. The summed E-state index contributed by atoms with van der Waals surface area (Å²) in [6.07, 6.45) is 1.49. The van der Waals surface area contributed by atoms with Gasteiger partial charge < -0.3 is 5.32 Å². The van der Waals surface area contributed by atoms with E-state index in [1.54, 1.807) is 0 Å². The summed E-state index contributed by atoms with van der Waals surface area (Å²) in [5.41, 5.74) is 7.45. The predicted molar refractivity (Wildman–Crippen MR) is 119 cm³/mol. The molecule has 7 nitrogen and oxygen atoms in total. The van der Waals surface area contributed by atoms with Gasteiger partial charge >= 0.3 is 0 Å². The molecule has 1 N–H and O–H groups in total. The van der Waals surface area contributed by atoms with Gasteiger partial charge in [0.15, 0.2) is 0 Å². The van der Waals surface area contributed by atoms with E-state index in [2.05, 4.69) is 46.7 Å². The molecule has 0 saturated heterocycles. The largest absolute Gasteiger partial charge is 0.352 e. The van der Waals surface area contributed by atoms with E-state index in [1.807, 2.05) is 42.3 Å². The Balaban J connectivity index is 1.53. The highest BCUT2D eigenvalue weighted by Crippen LogP contribution is 2.16. The number of nitrogens with one attached hydrogen (secondary N) is 1. The van der Waals surface area contributed by atoms with Gasteiger partial charge in [-0.25, -0.2) is 0 Å². The monoisotopic (exact) mass is 418 g/mol. The average molecular weight is 419 g/mol. The summed E-state index contributed by atoms with van der Waals surface area (Å²) in [6.45, 7) is 9.81. The number of carbonyl (C=O) groups excluding carboxylic acids is 1. The zero-order chi connectivity index (χ0) is 22.4. The second-order valence-corrected chi connectivity index (χ2v) is 7.96. The van der Waals surface area contributed by atoms with Crippen LogP contribution in [-0.4, -0.2) is 25.5 Å². The molecule has 2 heterocycles. The van der Waals surface area contributed by atoms with Crippen molar-refractivity contribution in [2.45, 2.75) is 66.6 Å². The van der Waals surface area contributed by atoms with Gasteiger partial charge in [0.1, 0.15) is 0 Å². The first-order valence-electron chi connectivity index (χ1n) is 10.6. The van der Waals surface area contributed by atoms with Gasteiger partial charge in [0.05, 0.1) is 37.0 Å². The molecule has 1 amide bonds. The minimum Gasteiger partial charge on any atom is -0.352 e. The van der Waals surface area contributed by atoms with Crippen molar-refractivity contribution in [3.8, 4) is 6.07 Å². The number of aromatic nitrogens is 4. The lowest BCUT2D eigenvalue weighted by Gasteiger charge is -2.09. The van der Waals surface area contributed by atoms with Crippen LogP contribution in [0.1, 0.15) is 52.3 Å². The first kappa shape index (κ1) is 22.3. The topological polar surface area (TPSA) is 88.5 Å². The van der Waals surface area contributed by atoms with Gasteiger partial charge in [-0.1, -0.05) is 24.3 Å². The summed E-state index contributed by atoms with van der Waals surface area (Å²) < 4.78 is 3.86. The first-order valence-corrected chi connectivity index (χ1v) is 10.6. The molecule has 3 rings (SSSR count). The molecule has 0 saturated carbocycles. The number of nitriles is 1. The summed E-state index contributed by atoms with van der Waals surface area (Å²) in [6, 6.07) is 12.5. The fourth-order valence-corrected chi connectivity index (χ4v) is 3.84. The van der Waals surface area contributed by atoms with Crippen LogP contribution in [0, 0.1) is 39.0 Å². The van der Waals surface area contributed by atoms with Gasteiger partial charge in [-0.05, 0) is 56.9 Å². The van der Waals surface area contributed by atoms with E-state index in [9.17, 15) is 4.79 Å². The Morgan fingerprint density at radius 3 is 2.58 bits per heavy atom. The van der Waals surface area contributed by atoms with E-state index in [0.29, 0.717) is 32.4 Å². The van der Waals surface area contributed by atoms with E-state index in [0.717, 1.165) is 46.0 Å². The third kappa shape index (κ3) is 5.82. The number of rotatable bonds is 9. The van der Waals surface area contributed by atoms with E-state index in [1.165, 1.54) is 0 Å². The van der Waals surface area contributed by atoms with Gasteiger partial charge in [0.2, 0.25) is 5.91 Å². The Morgan fingerprint density at radius 2 is 1.87 bits per heavy atom. The van der Waals surface area contributed by atoms with Crippen LogP contribution in [0.15, 0.2) is 30.3 Å². The maximum Gasteiger partial charge on any atom is 0.220 e. The minimum atomic E-state index is 0.0209. The highest BCUT2D eigenvalue weighted by Gasteiger charge is 2.13. The molecule has 0 atom stereocenters. The molecular formula is C24H30N6O. The molecule has 2 aromatic heterocycles. The van der Waals surface area contributed by atoms with Crippen LogP contribution in [0.5, 0.6) is 0 Å². The fraction of sp³-hybridized carbons (Fsp3) is 0.417. The number of carbonyl (C=O) groups is 1. The number of benzene rings is 1. The lowest BCUT2D eigenvalue weighted by atomic mass is 10.1. The van der Waals surface area contributed by atoms with Crippen LogP contribution in [0.4, 0.5) is 0 Å². The number of aryl methyl sites for hydroxylation is 4. The van der Waals surface area contributed by atoms with Crippen LogP contribution in [-0.2, 0) is 30.8 Å². The summed E-state index contributed by atoms with van der Waals surface area (Å²) in [5, 5.41) is 20.8. The van der Waals surface area contributed by atoms with Crippen LogP contribution >= 0.6 is 0 Å². The van der Waals surface area contributed by atoms with Crippen molar-refractivity contribution in [2.75, 3.05) is 0 Å². The molecule has 0 aliphatic heterocycles. The molecule has 0 fully saturated rings. The third-order valence-electron chi connectivity index (χ3n) is 5.49. The van der Waals surface area contributed by atoms with Crippen LogP contribution in [0.25, 0.3) is 0 Å². The van der Waals surface area contributed by atoms with Gasteiger partial charge in [-0.2, -0.15) is 15.5 Å². The van der Waals surface area contributed by atoms with E-state index in [4.69, 9.17) is 5.26 Å². The minimum absolute atomic E-state index is 0.0209. The molecule has 0 aliphatic carbocycles. The quantitative estimate of drug-likeness (QED) is 0.576. The van der Waals surface area contributed by atoms with Crippen LogP contribution < -0.4 is 5.32 Å². The maximum atomic E-state index is 12.4. The summed E-state index contributed by atoms with van der Waals surface area (Å²) in [7, 11) is 0. The van der Waals surface area contributed by atoms with Crippen molar-refractivity contribution >= 4 is 5.91 Å². The molecular weight excluding hydrogens is 388 g/mol. The molecule has 0 radical (unpaired) electrons. The normalized spacial score (nSPS) is 10.8. The maximum absolute atomic E-state index is 12.4. The lowest BCUT2D eigenvalue weighted by molar-refractivity contribution is -0.121. The van der Waals surface area contributed by atoms with E-state index >= 15 is 0 Å². The molecule has 7 heteroatoms. The highest BCUT2D eigenvalue weighted by atomic mass is 16.1. The Hall–Kier alpha value is -3.40. The van der Waals surface area contributed by atoms with Crippen molar-refractivity contribution in [3.63, 3.8) is 0 Å². The number of hydrogen-bond donors (Lipinski definition) is 1. The van der Waals surface area contributed by atoms with Crippen LogP contribution in [0.3, 0.4) is 0 Å². The van der Waals surface area contributed by atoms with Crippen molar-refractivity contribution in [1.29, 1.82) is 5.26 Å². The van der Waals surface area contributed by atoms with Crippen molar-refractivity contribution in [2.24, 2.45) is 0 Å². The third-order valence-corrected chi connectivity index (χ3v) is 5.49. The predicted octanol–water partition coefficient (Wildman–Crippen LogP) is 3.52. The van der Waals surface area contributed by atoms with E-state index < -0.39 is 0 Å². The summed E-state index contributed by atoms with van der Waals surface area (Å²) in [5.74, 6) is 0.0209. The van der Waals surface area contributed by atoms with Gasteiger partial charge in [0, 0.05) is 24.4 Å². The molecule has 31 heavy (non-hydrogen) atoms. The molecule has 1 aromatic carbocycles. The molecule has 0 aliphatic rings. The molecule has 3 aromatic rings. The zero-order valence-corrected chi connectivity index (χ0v) is 18.8. The Morgan fingerprint density at radius 1 is 1.10 bits per heavy atom. The second-order valence-electron chi connectivity index (χ2n) is 7.96. The van der Waals surface area contributed by atoms with Gasteiger partial charge in [-0.15, -0.1) is 0 Å². The highest BCUT2D eigenvalue weighted by molar-refractivity contribution is 5.76. The number of nitrogens with zero attached hydrogens (tertiary/aromatic N) is 5. The number of amides is 1. The van der Waals surface area contributed by atoms with Gasteiger partial charge in [-0.3, -0.25) is 14.2 Å². The molecule has 0 spiro atoms. The Kier molecular flexibility index (Phi) is 7.24. The van der Waals surface area contributed by atoms with Crippen LogP contribution in [0.2, 0.25) is 0 Å².